The highest BCUT2D eigenvalue weighted by Gasteiger charge is 2.03. The smallest absolute Gasteiger partial charge is 0.225 e. The van der Waals surface area contributed by atoms with Crippen molar-refractivity contribution in [2.24, 2.45) is 0 Å². The van der Waals surface area contributed by atoms with Gasteiger partial charge in [-0.05, 0) is 30.2 Å². The third kappa shape index (κ3) is 4.52. The van der Waals surface area contributed by atoms with E-state index in [0.717, 1.165) is 17.1 Å². The SMILES string of the molecule is Cc1cc(NCc2ccccc2)nc(NCc2ccc(F)cc2)n1. The fourth-order valence-electron chi connectivity index (χ4n) is 2.31. The highest BCUT2D eigenvalue weighted by molar-refractivity contribution is 5.43. The summed E-state index contributed by atoms with van der Waals surface area (Å²) in [4.78, 5) is 8.86. The summed E-state index contributed by atoms with van der Waals surface area (Å²) in [6.45, 7) is 3.18. The lowest BCUT2D eigenvalue weighted by atomic mass is 10.2. The van der Waals surface area contributed by atoms with Gasteiger partial charge in [0.25, 0.3) is 0 Å². The van der Waals surface area contributed by atoms with Crippen molar-refractivity contribution < 1.29 is 4.39 Å². The second kappa shape index (κ2) is 7.55. The van der Waals surface area contributed by atoms with Gasteiger partial charge in [-0.15, -0.1) is 0 Å². The number of hydrogen-bond donors (Lipinski definition) is 2. The highest BCUT2D eigenvalue weighted by Crippen LogP contribution is 2.12. The van der Waals surface area contributed by atoms with Crippen LogP contribution in [0.25, 0.3) is 0 Å². The van der Waals surface area contributed by atoms with E-state index >= 15 is 0 Å². The highest BCUT2D eigenvalue weighted by atomic mass is 19.1. The first-order valence-electron chi connectivity index (χ1n) is 7.81. The number of halogens is 1. The van der Waals surface area contributed by atoms with Gasteiger partial charge in [0.15, 0.2) is 0 Å². The summed E-state index contributed by atoms with van der Waals surface area (Å²) in [6.07, 6.45) is 0. The fraction of sp³-hybridized carbons (Fsp3) is 0.158. The third-order valence-corrected chi connectivity index (χ3v) is 3.53. The topological polar surface area (TPSA) is 49.8 Å². The van der Waals surface area contributed by atoms with Crippen molar-refractivity contribution in [3.05, 3.63) is 83.3 Å². The predicted octanol–water partition coefficient (Wildman–Crippen LogP) is 4.15. The lowest BCUT2D eigenvalue weighted by Crippen LogP contribution is -2.08. The van der Waals surface area contributed by atoms with Gasteiger partial charge in [-0.1, -0.05) is 42.5 Å². The predicted molar refractivity (Wildman–Crippen MR) is 94.3 cm³/mol. The van der Waals surface area contributed by atoms with E-state index in [1.165, 1.54) is 17.7 Å². The Bertz CT molecular complexity index is 788. The summed E-state index contributed by atoms with van der Waals surface area (Å²) in [5.74, 6) is 1.08. The van der Waals surface area contributed by atoms with Crippen LogP contribution in [0.15, 0.2) is 60.7 Å². The lowest BCUT2D eigenvalue weighted by molar-refractivity contribution is 0.627. The molecule has 1 aromatic heterocycles. The minimum absolute atomic E-state index is 0.238. The normalized spacial score (nSPS) is 10.4. The summed E-state index contributed by atoms with van der Waals surface area (Å²) < 4.78 is 12.9. The number of nitrogens with one attached hydrogen (secondary N) is 2. The number of hydrogen-bond acceptors (Lipinski definition) is 4. The van der Waals surface area contributed by atoms with E-state index in [-0.39, 0.29) is 5.82 Å². The van der Waals surface area contributed by atoms with E-state index < -0.39 is 0 Å². The first-order chi connectivity index (χ1) is 11.7. The molecule has 1 heterocycles. The van der Waals surface area contributed by atoms with Crippen LogP contribution >= 0.6 is 0 Å². The fourth-order valence-corrected chi connectivity index (χ4v) is 2.31. The van der Waals surface area contributed by atoms with Crippen LogP contribution in [0.3, 0.4) is 0 Å². The van der Waals surface area contributed by atoms with Gasteiger partial charge in [0.2, 0.25) is 5.95 Å². The van der Waals surface area contributed by atoms with Crippen LogP contribution in [0.2, 0.25) is 0 Å². The second-order valence-corrected chi connectivity index (χ2v) is 5.54. The Morgan fingerprint density at radius 2 is 1.50 bits per heavy atom. The maximum atomic E-state index is 12.9. The van der Waals surface area contributed by atoms with Crippen LogP contribution in [-0.2, 0) is 13.1 Å². The molecule has 4 nitrogen and oxygen atoms in total. The summed E-state index contributed by atoms with van der Waals surface area (Å²) in [5.41, 5.74) is 3.04. The molecular weight excluding hydrogens is 303 g/mol. The largest absolute Gasteiger partial charge is 0.366 e. The van der Waals surface area contributed by atoms with Crippen molar-refractivity contribution in [1.82, 2.24) is 9.97 Å². The molecule has 0 unspecified atom stereocenters. The molecule has 0 aliphatic heterocycles. The van der Waals surface area contributed by atoms with Gasteiger partial charge in [0.1, 0.15) is 11.6 Å². The van der Waals surface area contributed by atoms with Crippen LogP contribution in [0.4, 0.5) is 16.2 Å². The quantitative estimate of drug-likeness (QED) is 0.716. The van der Waals surface area contributed by atoms with E-state index in [4.69, 9.17) is 0 Å². The van der Waals surface area contributed by atoms with E-state index in [9.17, 15) is 4.39 Å². The Hall–Kier alpha value is -2.95. The molecule has 2 aromatic carbocycles. The molecule has 0 atom stereocenters. The number of nitrogens with zero attached hydrogens (tertiary/aromatic N) is 2. The van der Waals surface area contributed by atoms with Crippen molar-refractivity contribution in [3.8, 4) is 0 Å². The van der Waals surface area contributed by atoms with Gasteiger partial charge < -0.3 is 10.6 Å². The molecule has 0 radical (unpaired) electrons. The Kier molecular flexibility index (Phi) is 5.01. The Balaban J connectivity index is 1.63. The van der Waals surface area contributed by atoms with Crippen molar-refractivity contribution in [2.45, 2.75) is 20.0 Å². The van der Waals surface area contributed by atoms with Crippen LogP contribution < -0.4 is 10.6 Å². The molecule has 3 aromatic rings. The van der Waals surface area contributed by atoms with Gasteiger partial charge in [-0.2, -0.15) is 4.98 Å². The first kappa shape index (κ1) is 15.9. The maximum absolute atomic E-state index is 12.9. The number of benzene rings is 2. The number of aryl methyl sites for hydroxylation is 1. The zero-order valence-electron chi connectivity index (χ0n) is 13.5. The molecule has 0 fully saturated rings. The molecule has 0 spiro atoms. The summed E-state index contributed by atoms with van der Waals surface area (Å²) in [5, 5.41) is 6.48. The van der Waals surface area contributed by atoms with Crippen molar-refractivity contribution in [1.29, 1.82) is 0 Å². The summed E-state index contributed by atoms with van der Waals surface area (Å²) in [6, 6.07) is 18.4. The molecule has 0 amide bonds. The molecule has 0 saturated carbocycles. The van der Waals surface area contributed by atoms with E-state index in [0.29, 0.717) is 19.0 Å². The third-order valence-electron chi connectivity index (χ3n) is 3.53. The van der Waals surface area contributed by atoms with Crippen LogP contribution in [0, 0.1) is 12.7 Å². The zero-order chi connectivity index (χ0) is 16.8. The minimum Gasteiger partial charge on any atom is -0.366 e. The minimum atomic E-state index is -0.238. The van der Waals surface area contributed by atoms with Crippen molar-refractivity contribution in [3.63, 3.8) is 0 Å². The van der Waals surface area contributed by atoms with Gasteiger partial charge in [0, 0.05) is 24.8 Å². The molecule has 0 aliphatic carbocycles. The molecule has 0 bridgehead atoms. The molecule has 2 N–H and O–H groups in total. The van der Waals surface area contributed by atoms with E-state index in [1.54, 1.807) is 12.1 Å². The molecule has 122 valence electrons. The lowest BCUT2D eigenvalue weighted by Gasteiger charge is -2.10. The van der Waals surface area contributed by atoms with Gasteiger partial charge in [-0.3, -0.25) is 0 Å². The molecule has 3 rings (SSSR count). The van der Waals surface area contributed by atoms with Crippen molar-refractivity contribution >= 4 is 11.8 Å². The second-order valence-electron chi connectivity index (χ2n) is 5.54. The maximum Gasteiger partial charge on any atom is 0.225 e. The molecule has 0 saturated heterocycles. The number of anilines is 2. The Labute approximate surface area is 140 Å². The first-order valence-corrected chi connectivity index (χ1v) is 7.81. The van der Waals surface area contributed by atoms with Crippen LogP contribution in [0.1, 0.15) is 16.8 Å². The average molecular weight is 322 g/mol. The molecule has 5 heteroatoms. The van der Waals surface area contributed by atoms with Gasteiger partial charge >= 0.3 is 0 Å². The molecule has 0 aliphatic rings. The van der Waals surface area contributed by atoms with Gasteiger partial charge in [0.05, 0.1) is 0 Å². The van der Waals surface area contributed by atoms with Gasteiger partial charge in [-0.25, -0.2) is 9.37 Å². The molecular formula is C19H19FN4. The van der Waals surface area contributed by atoms with Crippen molar-refractivity contribution in [2.75, 3.05) is 10.6 Å². The zero-order valence-corrected chi connectivity index (χ0v) is 13.5. The van der Waals surface area contributed by atoms with Crippen LogP contribution in [-0.4, -0.2) is 9.97 Å². The average Bonchev–Trinajstić information content (AvgIpc) is 2.60. The van der Waals surface area contributed by atoms with E-state index in [2.05, 4.69) is 32.7 Å². The standard InChI is InChI=1S/C19H19FN4/c1-14-11-18(21-12-15-5-3-2-4-6-15)24-19(23-14)22-13-16-7-9-17(20)10-8-16/h2-11H,12-13H2,1H3,(H2,21,22,23,24). The summed E-state index contributed by atoms with van der Waals surface area (Å²) in [7, 11) is 0. The Morgan fingerprint density at radius 3 is 2.25 bits per heavy atom. The Morgan fingerprint density at radius 1 is 0.833 bits per heavy atom. The number of rotatable bonds is 6. The number of aromatic nitrogens is 2. The molecule has 24 heavy (non-hydrogen) atoms. The van der Waals surface area contributed by atoms with Crippen LogP contribution in [0.5, 0.6) is 0 Å². The summed E-state index contributed by atoms with van der Waals surface area (Å²) >= 11 is 0. The monoisotopic (exact) mass is 322 g/mol. The van der Waals surface area contributed by atoms with E-state index in [1.807, 2.05) is 31.2 Å².